The van der Waals surface area contributed by atoms with E-state index < -0.39 is 5.41 Å². The number of aliphatic imine (C=N–C) groups is 1. The summed E-state index contributed by atoms with van der Waals surface area (Å²) >= 11 is 0. The monoisotopic (exact) mass is 157 g/mol. The minimum Gasteiger partial charge on any atom is -0.414 e. The highest BCUT2D eigenvalue weighted by Gasteiger charge is 2.26. The van der Waals surface area contributed by atoms with Gasteiger partial charge in [0.05, 0.1) is 5.41 Å². The first kappa shape index (κ1) is 10.1. The summed E-state index contributed by atoms with van der Waals surface area (Å²) in [5.41, 5.74) is -0.402. The van der Waals surface area contributed by atoms with Gasteiger partial charge in [0.2, 0.25) is 0 Å². The average Bonchev–Trinajstić information content (AvgIpc) is 2.00. The van der Waals surface area contributed by atoms with E-state index >= 15 is 0 Å². The van der Waals surface area contributed by atoms with E-state index in [4.69, 9.17) is 4.74 Å². The van der Waals surface area contributed by atoms with Gasteiger partial charge < -0.3 is 4.74 Å². The van der Waals surface area contributed by atoms with E-state index in [1.165, 1.54) is 6.40 Å². The first-order valence-electron chi connectivity index (χ1n) is 3.66. The maximum atomic E-state index is 11.1. The van der Waals surface area contributed by atoms with Crippen LogP contribution in [0, 0.1) is 5.41 Å². The molecule has 0 N–H and O–H groups in total. The predicted octanol–water partition coefficient (Wildman–Crippen LogP) is 1.62. The molecule has 0 rings (SSSR count). The predicted molar refractivity (Wildman–Crippen MR) is 44.6 cm³/mol. The molecular formula is C8H15NO2. The minimum atomic E-state index is -0.402. The normalized spacial score (nSPS) is 12.0. The lowest BCUT2D eigenvalue weighted by molar-refractivity contribution is -0.144. The van der Waals surface area contributed by atoms with Gasteiger partial charge in [-0.05, 0) is 20.3 Å². The quantitative estimate of drug-likeness (QED) is 0.355. The van der Waals surface area contributed by atoms with Crippen LogP contribution in [-0.4, -0.2) is 19.4 Å². The fraction of sp³-hybridized carbons (Fsp3) is 0.750. The first-order valence-corrected chi connectivity index (χ1v) is 3.66. The molecule has 0 aromatic rings. The van der Waals surface area contributed by atoms with Gasteiger partial charge in [0, 0.05) is 7.05 Å². The molecule has 0 spiro atoms. The maximum absolute atomic E-state index is 11.1. The molecule has 0 aliphatic heterocycles. The Kier molecular flexibility index (Phi) is 3.79. The van der Waals surface area contributed by atoms with E-state index in [9.17, 15) is 4.79 Å². The molecule has 0 bridgehead atoms. The van der Waals surface area contributed by atoms with Crippen molar-refractivity contribution in [3.63, 3.8) is 0 Å². The molecule has 0 heterocycles. The van der Waals surface area contributed by atoms with Gasteiger partial charge in [0.1, 0.15) is 0 Å². The molecule has 0 aliphatic carbocycles. The molecule has 0 saturated carbocycles. The van der Waals surface area contributed by atoms with Crippen LogP contribution in [0.25, 0.3) is 0 Å². The molecule has 3 heteroatoms. The van der Waals surface area contributed by atoms with E-state index in [0.717, 1.165) is 6.42 Å². The lowest BCUT2D eigenvalue weighted by Crippen LogP contribution is -2.25. The van der Waals surface area contributed by atoms with Gasteiger partial charge in [0.25, 0.3) is 0 Å². The Bertz CT molecular complexity index is 161. The lowest BCUT2D eigenvalue weighted by atomic mass is 9.91. The number of hydrogen-bond donors (Lipinski definition) is 0. The zero-order chi connectivity index (χ0) is 8.91. The number of nitrogens with zero attached hydrogens (tertiary/aromatic N) is 1. The summed E-state index contributed by atoms with van der Waals surface area (Å²) in [6, 6.07) is 0. The highest BCUT2D eigenvalue weighted by molar-refractivity contribution is 5.82. The van der Waals surface area contributed by atoms with Gasteiger partial charge >= 0.3 is 5.97 Å². The topological polar surface area (TPSA) is 38.7 Å². The summed E-state index contributed by atoms with van der Waals surface area (Å²) in [5.74, 6) is -0.231. The van der Waals surface area contributed by atoms with Crippen LogP contribution < -0.4 is 0 Å². The Morgan fingerprint density at radius 1 is 1.64 bits per heavy atom. The van der Waals surface area contributed by atoms with Gasteiger partial charge in [-0.1, -0.05) is 6.92 Å². The SMILES string of the molecule is CCC(C)(C)C(=O)OC=NC. The summed E-state index contributed by atoms with van der Waals surface area (Å²) in [6.45, 7) is 5.64. The second kappa shape index (κ2) is 4.11. The molecule has 3 nitrogen and oxygen atoms in total. The van der Waals surface area contributed by atoms with Crippen LogP contribution in [0.2, 0.25) is 0 Å². The smallest absolute Gasteiger partial charge is 0.317 e. The molecule has 0 aromatic carbocycles. The second-order valence-corrected chi connectivity index (χ2v) is 3.01. The molecular weight excluding hydrogens is 142 g/mol. The molecule has 0 atom stereocenters. The number of esters is 1. The van der Waals surface area contributed by atoms with Crippen LogP contribution in [0.5, 0.6) is 0 Å². The lowest BCUT2D eigenvalue weighted by Gasteiger charge is -2.17. The van der Waals surface area contributed by atoms with Crippen LogP contribution >= 0.6 is 0 Å². The maximum Gasteiger partial charge on any atom is 0.317 e. The van der Waals surface area contributed by atoms with E-state index in [2.05, 4.69) is 4.99 Å². The highest BCUT2D eigenvalue weighted by Crippen LogP contribution is 2.20. The number of carbonyl (C=O) groups excluding carboxylic acids is 1. The van der Waals surface area contributed by atoms with Crippen molar-refractivity contribution in [3.8, 4) is 0 Å². The van der Waals surface area contributed by atoms with Crippen molar-refractivity contribution in [1.29, 1.82) is 0 Å². The van der Waals surface area contributed by atoms with Crippen molar-refractivity contribution in [1.82, 2.24) is 0 Å². The van der Waals surface area contributed by atoms with Crippen molar-refractivity contribution in [3.05, 3.63) is 0 Å². The van der Waals surface area contributed by atoms with E-state index in [1.807, 2.05) is 20.8 Å². The van der Waals surface area contributed by atoms with E-state index in [0.29, 0.717) is 0 Å². The summed E-state index contributed by atoms with van der Waals surface area (Å²) in [6.07, 6.45) is 1.93. The molecule has 0 radical (unpaired) electrons. The van der Waals surface area contributed by atoms with Crippen molar-refractivity contribution in [2.24, 2.45) is 10.4 Å². The van der Waals surface area contributed by atoms with Gasteiger partial charge in [-0.25, -0.2) is 0 Å². The Morgan fingerprint density at radius 2 is 2.18 bits per heavy atom. The van der Waals surface area contributed by atoms with Crippen LogP contribution in [-0.2, 0) is 9.53 Å². The van der Waals surface area contributed by atoms with Crippen molar-refractivity contribution in [2.45, 2.75) is 27.2 Å². The molecule has 0 saturated heterocycles. The zero-order valence-electron chi connectivity index (χ0n) is 7.55. The molecule has 11 heavy (non-hydrogen) atoms. The second-order valence-electron chi connectivity index (χ2n) is 3.01. The third kappa shape index (κ3) is 3.16. The Hall–Kier alpha value is -0.860. The van der Waals surface area contributed by atoms with Crippen molar-refractivity contribution in [2.75, 3.05) is 7.05 Å². The van der Waals surface area contributed by atoms with Gasteiger partial charge in [-0.3, -0.25) is 9.79 Å². The van der Waals surface area contributed by atoms with Crippen molar-refractivity contribution >= 4 is 12.4 Å². The number of ether oxygens (including phenoxy) is 1. The molecule has 0 amide bonds. The van der Waals surface area contributed by atoms with E-state index in [1.54, 1.807) is 7.05 Å². The van der Waals surface area contributed by atoms with Gasteiger partial charge in [-0.15, -0.1) is 0 Å². The number of hydrogen-bond acceptors (Lipinski definition) is 3. The molecule has 0 aromatic heterocycles. The summed E-state index contributed by atoms with van der Waals surface area (Å²) < 4.78 is 4.72. The fourth-order valence-corrected chi connectivity index (χ4v) is 0.404. The molecule has 0 fully saturated rings. The molecule has 0 aliphatic rings. The fourth-order valence-electron chi connectivity index (χ4n) is 0.404. The number of carbonyl (C=O) groups is 1. The van der Waals surface area contributed by atoms with Crippen LogP contribution in [0.3, 0.4) is 0 Å². The number of rotatable bonds is 3. The Balaban J connectivity index is 4.02. The Morgan fingerprint density at radius 3 is 2.55 bits per heavy atom. The summed E-state index contributed by atoms with van der Waals surface area (Å²) in [4.78, 5) is 14.7. The van der Waals surface area contributed by atoms with E-state index in [-0.39, 0.29) is 5.97 Å². The van der Waals surface area contributed by atoms with Crippen LogP contribution in [0.15, 0.2) is 4.99 Å². The average molecular weight is 157 g/mol. The van der Waals surface area contributed by atoms with Crippen LogP contribution in [0.1, 0.15) is 27.2 Å². The van der Waals surface area contributed by atoms with Crippen molar-refractivity contribution < 1.29 is 9.53 Å². The summed E-state index contributed by atoms with van der Waals surface area (Å²) in [7, 11) is 1.56. The highest BCUT2D eigenvalue weighted by atomic mass is 16.5. The van der Waals surface area contributed by atoms with Gasteiger partial charge in [0.15, 0.2) is 6.40 Å². The standard InChI is InChI=1S/C8H15NO2/c1-5-8(2,3)7(10)11-6-9-4/h6H,5H2,1-4H3. The molecule has 64 valence electrons. The third-order valence-electron chi connectivity index (χ3n) is 1.70. The zero-order valence-corrected chi connectivity index (χ0v) is 7.55. The Labute approximate surface area is 67.5 Å². The largest absolute Gasteiger partial charge is 0.414 e. The minimum absolute atomic E-state index is 0.231. The summed E-state index contributed by atoms with van der Waals surface area (Å²) in [5, 5.41) is 0. The first-order chi connectivity index (χ1) is 5.04. The third-order valence-corrected chi connectivity index (χ3v) is 1.70. The molecule has 0 unspecified atom stereocenters. The van der Waals surface area contributed by atoms with Gasteiger partial charge in [-0.2, -0.15) is 0 Å². The van der Waals surface area contributed by atoms with Crippen LogP contribution in [0.4, 0.5) is 0 Å².